The second-order valence-corrected chi connectivity index (χ2v) is 5.31. The lowest BCUT2D eigenvalue weighted by molar-refractivity contribution is 0.102. The number of benzene rings is 1. The number of carbonyl (C=O) groups excluding carboxylic acids is 1. The number of allylic oxidation sites excluding steroid dienone is 1. The first-order valence-electron chi connectivity index (χ1n) is 6.45. The fourth-order valence-corrected chi connectivity index (χ4v) is 2.75. The molecule has 1 aliphatic rings. The number of ketones is 1. The molecular formula is C15H17Cl2NO. The van der Waals surface area contributed by atoms with Gasteiger partial charge in [0.2, 0.25) is 0 Å². The molecule has 0 fully saturated rings. The number of aryl methyl sites for hydroxylation is 1. The Morgan fingerprint density at radius 3 is 2.47 bits per heavy atom. The molecule has 1 aromatic carbocycles. The third kappa shape index (κ3) is 3.52. The van der Waals surface area contributed by atoms with Crippen molar-refractivity contribution in [1.82, 2.24) is 4.90 Å². The molecule has 0 saturated carbocycles. The third-order valence-corrected chi connectivity index (χ3v) is 3.64. The first kappa shape index (κ1) is 14.4. The lowest BCUT2D eigenvalue weighted by Gasteiger charge is -2.22. The van der Waals surface area contributed by atoms with Crippen molar-refractivity contribution < 1.29 is 4.79 Å². The van der Waals surface area contributed by atoms with Gasteiger partial charge in [-0.25, -0.2) is 0 Å². The Bertz CT molecular complexity index is 479. The van der Waals surface area contributed by atoms with Gasteiger partial charge in [0.15, 0.2) is 5.78 Å². The van der Waals surface area contributed by atoms with Crippen molar-refractivity contribution in [2.24, 2.45) is 0 Å². The van der Waals surface area contributed by atoms with Gasteiger partial charge in [0.05, 0.1) is 0 Å². The predicted octanol–water partition coefficient (Wildman–Crippen LogP) is 3.48. The van der Waals surface area contributed by atoms with Crippen molar-refractivity contribution in [3.8, 4) is 0 Å². The molecule has 0 atom stereocenters. The Morgan fingerprint density at radius 1 is 1.11 bits per heavy atom. The molecule has 1 aromatic rings. The van der Waals surface area contributed by atoms with Gasteiger partial charge in [-0.3, -0.25) is 4.79 Å². The zero-order valence-corrected chi connectivity index (χ0v) is 12.3. The van der Waals surface area contributed by atoms with Gasteiger partial charge in [0.25, 0.3) is 0 Å². The number of carbonyl (C=O) groups is 1. The number of halogens is 2. The minimum absolute atomic E-state index is 0.135. The first-order chi connectivity index (χ1) is 9.26. The monoisotopic (exact) mass is 297 g/mol. The molecule has 19 heavy (non-hydrogen) atoms. The highest BCUT2D eigenvalue weighted by atomic mass is 35.5. The van der Waals surface area contributed by atoms with Gasteiger partial charge in [-0.15, -0.1) is 23.2 Å². The fraction of sp³-hybridized carbons (Fsp3) is 0.400. The third-order valence-electron chi connectivity index (χ3n) is 3.30. The van der Waals surface area contributed by atoms with Crippen LogP contribution in [0.1, 0.15) is 22.3 Å². The lowest BCUT2D eigenvalue weighted by atomic mass is 9.87. The minimum Gasteiger partial charge on any atom is -0.375 e. The summed E-state index contributed by atoms with van der Waals surface area (Å²) >= 11 is 11.5. The fourth-order valence-electron chi connectivity index (χ4n) is 2.32. The highest BCUT2D eigenvalue weighted by molar-refractivity contribution is 6.18. The van der Waals surface area contributed by atoms with E-state index in [0.717, 1.165) is 29.5 Å². The molecule has 0 amide bonds. The summed E-state index contributed by atoms with van der Waals surface area (Å²) in [6.07, 6.45) is 3.64. The molecule has 0 radical (unpaired) electrons. The van der Waals surface area contributed by atoms with Gasteiger partial charge in [0, 0.05) is 42.2 Å². The molecule has 0 N–H and O–H groups in total. The molecule has 0 saturated heterocycles. The average Bonchev–Trinajstić information content (AvgIpc) is 2.43. The van der Waals surface area contributed by atoms with Gasteiger partial charge in [-0.05, 0) is 18.4 Å². The number of rotatable bonds is 5. The Morgan fingerprint density at radius 2 is 1.79 bits per heavy atom. The van der Waals surface area contributed by atoms with Crippen LogP contribution in [0.5, 0.6) is 0 Å². The van der Waals surface area contributed by atoms with E-state index in [1.807, 2.05) is 35.4 Å². The van der Waals surface area contributed by atoms with Gasteiger partial charge in [0.1, 0.15) is 0 Å². The van der Waals surface area contributed by atoms with Gasteiger partial charge < -0.3 is 4.90 Å². The summed E-state index contributed by atoms with van der Waals surface area (Å²) in [5, 5.41) is 0. The van der Waals surface area contributed by atoms with E-state index in [9.17, 15) is 4.79 Å². The second-order valence-electron chi connectivity index (χ2n) is 4.55. The first-order valence-corrected chi connectivity index (χ1v) is 7.52. The van der Waals surface area contributed by atoms with Crippen molar-refractivity contribution in [2.75, 3.05) is 24.8 Å². The van der Waals surface area contributed by atoms with Crippen LogP contribution < -0.4 is 0 Å². The van der Waals surface area contributed by atoms with Crippen LogP contribution in [-0.2, 0) is 6.42 Å². The molecule has 102 valence electrons. The number of alkyl halides is 2. The molecular weight excluding hydrogens is 281 g/mol. The molecule has 0 bridgehead atoms. The maximum absolute atomic E-state index is 12.4. The predicted molar refractivity (Wildman–Crippen MR) is 80.2 cm³/mol. The van der Waals surface area contributed by atoms with Gasteiger partial charge in [-0.1, -0.05) is 24.3 Å². The van der Waals surface area contributed by atoms with E-state index in [4.69, 9.17) is 23.2 Å². The molecule has 0 spiro atoms. The molecule has 0 unspecified atom stereocenters. The van der Waals surface area contributed by atoms with E-state index in [2.05, 4.69) is 0 Å². The van der Waals surface area contributed by atoms with E-state index in [1.54, 1.807) is 0 Å². The molecule has 4 heteroatoms. The number of Topliss-reactive ketones (excluding diaryl/α,β-unsaturated/α-hetero) is 1. The van der Waals surface area contributed by atoms with Crippen molar-refractivity contribution in [3.63, 3.8) is 0 Å². The standard InChI is InChI=1S/C15H17Cl2NO/c16-7-9-18(10-8-17)11-13-6-5-12-3-1-2-4-14(12)15(13)19/h1-4,11H,5-10H2/b13-11+. The molecule has 2 nitrogen and oxygen atoms in total. The molecule has 1 aliphatic carbocycles. The quantitative estimate of drug-likeness (QED) is 0.613. The van der Waals surface area contributed by atoms with Crippen LogP contribution in [0.4, 0.5) is 0 Å². The van der Waals surface area contributed by atoms with Crippen LogP contribution in [0.3, 0.4) is 0 Å². The molecule has 0 heterocycles. The number of fused-ring (bicyclic) bond motifs is 1. The van der Waals surface area contributed by atoms with Crippen LogP contribution in [0.25, 0.3) is 0 Å². The summed E-state index contributed by atoms with van der Waals surface area (Å²) in [5.41, 5.74) is 2.83. The summed E-state index contributed by atoms with van der Waals surface area (Å²) in [5.74, 6) is 1.20. The molecule has 0 aromatic heterocycles. The SMILES string of the molecule is O=C1/C(=C/N(CCCl)CCCl)CCc2ccccc21. The summed E-state index contributed by atoms with van der Waals surface area (Å²) in [6, 6.07) is 7.82. The van der Waals surface area contributed by atoms with Crippen LogP contribution >= 0.6 is 23.2 Å². The van der Waals surface area contributed by atoms with E-state index >= 15 is 0 Å². The van der Waals surface area contributed by atoms with Crippen molar-refractivity contribution in [2.45, 2.75) is 12.8 Å². The van der Waals surface area contributed by atoms with Crippen LogP contribution in [0, 0.1) is 0 Å². The Kier molecular flexibility index (Phi) is 5.29. The summed E-state index contributed by atoms with van der Waals surface area (Å²) < 4.78 is 0. The van der Waals surface area contributed by atoms with Gasteiger partial charge in [-0.2, -0.15) is 0 Å². The van der Waals surface area contributed by atoms with E-state index in [1.165, 1.54) is 0 Å². The summed E-state index contributed by atoms with van der Waals surface area (Å²) in [4.78, 5) is 14.4. The van der Waals surface area contributed by atoms with Crippen LogP contribution in [-0.4, -0.2) is 35.5 Å². The lowest BCUT2D eigenvalue weighted by Crippen LogP contribution is -2.25. The molecule has 0 aliphatic heterocycles. The van der Waals surface area contributed by atoms with Crippen molar-refractivity contribution >= 4 is 29.0 Å². The van der Waals surface area contributed by atoms with E-state index in [0.29, 0.717) is 24.8 Å². The zero-order chi connectivity index (χ0) is 13.7. The maximum atomic E-state index is 12.4. The summed E-state index contributed by atoms with van der Waals surface area (Å²) in [6.45, 7) is 1.43. The zero-order valence-electron chi connectivity index (χ0n) is 10.7. The normalized spacial score (nSPS) is 16.5. The number of hydrogen-bond donors (Lipinski definition) is 0. The smallest absolute Gasteiger partial charge is 0.190 e. The largest absolute Gasteiger partial charge is 0.375 e. The van der Waals surface area contributed by atoms with E-state index < -0.39 is 0 Å². The number of hydrogen-bond acceptors (Lipinski definition) is 2. The van der Waals surface area contributed by atoms with Crippen LogP contribution in [0.15, 0.2) is 36.0 Å². The minimum atomic E-state index is 0.135. The van der Waals surface area contributed by atoms with Gasteiger partial charge >= 0.3 is 0 Å². The Balaban J connectivity index is 2.20. The summed E-state index contributed by atoms with van der Waals surface area (Å²) in [7, 11) is 0. The topological polar surface area (TPSA) is 20.3 Å². The Hall–Kier alpha value is -0.990. The van der Waals surface area contributed by atoms with Crippen molar-refractivity contribution in [1.29, 1.82) is 0 Å². The second kappa shape index (κ2) is 6.97. The molecule has 2 rings (SSSR count). The number of nitrogens with zero attached hydrogens (tertiary/aromatic N) is 1. The van der Waals surface area contributed by atoms with E-state index in [-0.39, 0.29) is 5.78 Å². The van der Waals surface area contributed by atoms with Crippen molar-refractivity contribution in [3.05, 3.63) is 47.2 Å². The highest BCUT2D eigenvalue weighted by Crippen LogP contribution is 2.25. The van der Waals surface area contributed by atoms with Crippen LogP contribution in [0.2, 0.25) is 0 Å². The average molecular weight is 298 g/mol. The highest BCUT2D eigenvalue weighted by Gasteiger charge is 2.21. The maximum Gasteiger partial charge on any atom is 0.190 e. The Labute approximate surface area is 124 Å².